The summed E-state index contributed by atoms with van der Waals surface area (Å²) in [6.45, 7) is 0.594. The van der Waals surface area contributed by atoms with Crippen LogP contribution in [0.2, 0.25) is 0 Å². The first-order chi connectivity index (χ1) is 7.22. The molecule has 1 aromatic carbocycles. The molecular weight excluding hydrogens is 256 g/mol. The number of rotatable bonds is 1. The van der Waals surface area contributed by atoms with E-state index < -0.39 is 0 Å². The molecule has 3 heteroatoms. The molecule has 1 aliphatic carbocycles. The van der Waals surface area contributed by atoms with Crippen molar-refractivity contribution in [3.05, 3.63) is 33.3 Å². The molecule has 3 rings (SSSR count). The van der Waals surface area contributed by atoms with Gasteiger partial charge in [0.1, 0.15) is 6.29 Å². The van der Waals surface area contributed by atoms with Crippen LogP contribution in [0.1, 0.15) is 34.3 Å². The number of hydrogen-bond acceptors (Lipinski definition) is 2. The quantitative estimate of drug-likeness (QED) is 0.731. The Bertz CT molecular complexity index is 435. The minimum atomic E-state index is 0.119. The van der Waals surface area contributed by atoms with Gasteiger partial charge < -0.3 is 4.74 Å². The summed E-state index contributed by atoms with van der Waals surface area (Å²) in [7, 11) is 0. The molecule has 2 aliphatic rings. The number of halogens is 1. The van der Waals surface area contributed by atoms with Crippen molar-refractivity contribution >= 4 is 22.2 Å². The lowest BCUT2D eigenvalue weighted by molar-refractivity contribution is 0.00783. The van der Waals surface area contributed by atoms with E-state index in [1.807, 2.05) is 6.07 Å². The van der Waals surface area contributed by atoms with Crippen molar-refractivity contribution in [2.75, 3.05) is 0 Å². The second kappa shape index (κ2) is 3.16. The van der Waals surface area contributed by atoms with Crippen molar-refractivity contribution in [3.8, 4) is 0 Å². The van der Waals surface area contributed by atoms with Gasteiger partial charge in [0, 0.05) is 16.5 Å². The number of hydrogen-bond donors (Lipinski definition) is 0. The molecular formula is C12H11BrO2. The summed E-state index contributed by atoms with van der Waals surface area (Å²) in [5.41, 5.74) is 3.23. The Morgan fingerprint density at radius 2 is 2.20 bits per heavy atom. The summed E-state index contributed by atoms with van der Waals surface area (Å²) in [6.07, 6.45) is 4.20. The largest absolute Gasteiger partial charge is 0.370 e. The van der Waals surface area contributed by atoms with Crippen LogP contribution in [0.15, 0.2) is 16.6 Å². The van der Waals surface area contributed by atoms with E-state index in [-0.39, 0.29) is 5.60 Å². The van der Waals surface area contributed by atoms with Gasteiger partial charge in [-0.3, -0.25) is 4.79 Å². The zero-order chi connectivity index (χ0) is 10.5. The van der Waals surface area contributed by atoms with Gasteiger partial charge in [-0.25, -0.2) is 0 Å². The van der Waals surface area contributed by atoms with Crippen molar-refractivity contribution in [2.45, 2.75) is 31.5 Å². The van der Waals surface area contributed by atoms with Gasteiger partial charge in [0.15, 0.2) is 0 Å². The first kappa shape index (κ1) is 9.55. The number of carbonyl (C=O) groups is 1. The molecule has 1 aliphatic heterocycles. The second-order valence-electron chi connectivity index (χ2n) is 4.40. The predicted octanol–water partition coefficient (Wildman–Crippen LogP) is 2.87. The van der Waals surface area contributed by atoms with Gasteiger partial charge in [0.2, 0.25) is 0 Å². The SMILES string of the molecule is O=Cc1cc(Br)cc2c1COC1(CC1)C2. The number of benzene rings is 1. The summed E-state index contributed by atoms with van der Waals surface area (Å²) in [5, 5.41) is 0. The monoisotopic (exact) mass is 266 g/mol. The molecule has 1 aromatic rings. The van der Waals surface area contributed by atoms with Gasteiger partial charge in [-0.2, -0.15) is 0 Å². The summed E-state index contributed by atoms with van der Waals surface area (Å²) in [4.78, 5) is 10.9. The Morgan fingerprint density at radius 3 is 2.87 bits per heavy atom. The molecule has 1 heterocycles. The van der Waals surface area contributed by atoms with E-state index in [0.29, 0.717) is 6.61 Å². The van der Waals surface area contributed by atoms with E-state index >= 15 is 0 Å². The van der Waals surface area contributed by atoms with Crippen LogP contribution >= 0.6 is 15.9 Å². The number of aldehydes is 1. The Labute approximate surface area is 96.8 Å². The van der Waals surface area contributed by atoms with Crippen molar-refractivity contribution in [3.63, 3.8) is 0 Å². The normalized spacial score (nSPS) is 21.1. The fourth-order valence-corrected chi connectivity index (χ4v) is 2.76. The van der Waals surface area contributed by atoms with Gasteiger partial charge in [-0.1, -0.05) is 15.9 Å². The smallest absolute Gasteiger partial charge is 0.150 e. The highest BCUT2D eigenvalue weighted by molar-refractivity contribution is 9.10. The number of ether oxygens (including phenoxy) is 1. The van der Waals surface area contributed by atoms with E-state index in [1.54, 1.807) is 0 Å². The average molecular weight is 267 g/mol. The minimum Gasteiger partial charge on any atom is -0.370 e. The first-order valence-corrected chi connectivity index (χ1v) is 5.92. The minimum absolute atomic E-state index is 0.119. The van der Waals surface area contributed by atoms with Crippen molar-refractivity contribution in [1.29, 1.82) is 0 Å². The van der Waals surface area contributed by atoms with Crippen LogP contribution in [0.25, 0.3) is 0 Å². The molecule has 1 fully saturated rings. The van der Waals surface area contributed by atoms with Gasteiger partial charge >= 0.3 is 0 Å². The third-order valence-corrected chi connectivity index (χ3v) is 3.77. The van der Waals surface area contributed by atoms with E-state index in [4.69, 9.17) is 4.74 Å². The van der Waals surface area contributed by atoms with E-state index in [1.165, 1.54) is 5.56 Å². The third kappa shape index (κ3) is 1.54. The molecule has 0 atom stereocenters. The Morgan fingerprint density at radius 1 is 1.40 bits per heavy atom. The molecule has 78 valence electrons. The molecule has 0 amide bonds. The van der Waals surface area contributed by atoms with E-state index in [9.17, 15) is 4.79 Å². The van der Waals surface area contributed by atoms with Gasteiger partial charge in [-0.05, 0) is 36.1 Å². The first-order valence-electron chi connectivity index (χ1n) is 5.13. The van der Waals surface area contributed by atoms with Crippen LogP contribution in [-0.2, 0) is 17.8 Å². The summed E-state index contributed by atoms with van der Waals surface area (Å²) < 4.78 is 6.80. The predicted molar refractivity (Wildman–Crippen MR) is 60.0 cm³/mol. The Hall–Kier alpha value is -0.670. The van der Waals surface area contributed by atoms with Crippen molar-refractivity contribution < 1.29 is 9.53 Å². The van der Waals surface area contributed by atoms with Crippen LogP contribution in [-0.4, -0.2) is 11.9 Å². The third-order valence-electron chi connectivity index (χ3n) is 3.31. The standard InChI is InChI=1S/C12H11BrO2/c13-10-3-8-5-12(1-2-12)15-7-11(8)9(4-10)6-14/h3-4,6H,1-2,5,7H2. The lowest BCUT2D eigenvalue weighted by Crippen LogP contribution is -2.24. The van der Waals surface area contributed by atoms with E-state index in [0.717, 1.165) is 41.1 Å². The zero-order valence-corrected chi connectivity index (χ0v) is 9.84. The highest BCUT2D eigenvalue weighted by Gasteiger charge is 2.46. The number of carbonyl (C=O) groups excluding carboxylic acids is 1. The molecule has 0 unspecified atom stereocenters. The summed E-state index contributed by atoms with van der Waals surface area (Å²) >= 11 is 3.44. The van der Waals surface area contributed by atoms with Crippen LogP contribution in [0, 0.1) is 0 Å². The van der Waals surface area contributed by atoms with Gasteiger partial charge in [-0.15, -0.1) is 0 Å². The average Bonchev–Trinajstić information content (AvgIpc) is 2.96. The van der Waals surface area contributed by atoms with Crippen LogP contribution in [0.4, 0.5) is 0 Å². The van der Waals surface area contributed by atoms with Crippen LogP contribution in [0.5, 0.6) is 0 Å². The van der Waals surface area contributed by atoms with Crippen LogP contribution in [0.3, 0.4) is 0 Å². The molecule has 0 aromatic heterocycles. The molecule has 0 N–H and O–H groups in total. The Balaban J connectivity index is 2.09. The molecule has 0 saturated heterocycles. The van der Waals surface area contributed by atoms with Crippen molar-refractivity contribution in [2.24, 2.45) is 0 Å². The lowest BCUT2D eigenvalue weighted by Gasteiger charge is -2.26. The van der Waals surface area contributed by atoms with Gasteiger partial charge in [0.05, 0.1) is 12.2 Å². The molecule has 2 nitrogen and oxygen atoms in total. The maximum Gasteiger partial charge on any atom is 0.150 e. The van der Waals surface area contributed by atoms with Crippen LogP contribution < -0.4 is 0 Å². The maximum absolute atomic E-state index is 10.9. The topological polar surface area (TPSA) is 26.3 Å². The second-order valence-corrected chi connectivity index (χ2v) is 5.31. The maximum atomic E-state index is 10.9. The molecule has 0 radical (unpaired) electrons. The lowest BCUT2D eigenvalue weighted by atomic mass is 9.94. The molecule has 15 heavy (non-hydrogen) atoms. The number of fused-ring (bicyclic) bond motifs is 1. The Kier molecular flexibility index (Phi) is 2.01. The summed E-state index contributed by atoms with van der Waals surface area (Å²) in [6, 6.07) is 3.98. The molecule has 1 saturated carbocycles. The highest BCUT2D eigenvalue weighted by Crippen LogP contribution is 2.47. The highest BCUT2D eigenvalue weighted by atomic mass is 79.9. The molecule has 1 spiro atoms. The fraction of sp³-hybridized carbons (Fsp3) is 0.417. The summed E-state index contributed by atoms with van der Waals surface area (Å²) in [5.74, 6) is 0. The molecule has 0 bridgehead atoms. The fourth-order valence-electron chi connectivity index (χ4n) is 2.24. The van der Waals surface area contributed by atoms with E-state index in [2.05, 4.69) is 22.0 Å². The van der Waals surface area contributed by atoms with Crippen molar-refractivity contribution in [1.82, 2.24) is 0 Å². The van der Waals surface area contributed by atoms with Gasteiger partial charge in [0.25, 0.3) is 0 Å². The zero-order valence-electron chi connectivity index (χ0n) is 8.25.